The second-order valence-electron chi connectivity index (χ2n) is 3.76. The number of likely N-dealkylation sites (N-methyl/N-ethyl adjacent to an activating group) is 1. The summed E-state index contributed by atoms with van der Waals surface area (Å²) < 4.78 is 2.62. The number of rotatable bonds is 3. The second-order valence-corrected chi connectivity index (χ2v) is 4.52. The number of aromatic nitrogens is 2. The van der Waals surface area contributed by atoms with Gasteiger partial charge in [-0.3, -0.25) is 4.68 Å². The summed E-state index contributed by atoms with van der Waals surface area (Å²) in [5.74, 6) is 0. The fourth-order valence-electron chi connectivity index (χ4n) is 1.76. The molecule has 1 aromatic carbocycles. The number of benzene rings is 1. The first-order chi connectivity index (χ1) is 7.63. The highest BCUT2D eigenvalue weighted by atomic mass is 79.9. The molecule has 0 bridgehead atoms. The van der Waals surface area contributed by atoms with Gasteiger partial charge in [-0.1, -0.05) is 6.07 Å². The zero-order valence-electron chi connectivity index (χ0n) is 9.24. The van der Waals surface area contributed by atoms with Crippen LogP contribution in [-0.2, 0) is 7.05 Å². The molecule has 1 heterocycles. The average Bonchev–Trinajstić information content (AvgIpc) is 2.55. The van der Waals surface area contributed by atoms with Crippen LogP contribution in [0.1, 0.15) is 11.7 Å². The van der Waals surface area contributed by atoms with Gasteiger partial charge in [-0.05, 0) is 40.7 Å². The monoisotopic (exact) mass is 283 g/mol. The Labute approximate surface area is 102 Å². The Balaban J connectivity index is 2.47. The molecule has 16 heavy (non-hydrogen) atoms. The highest BCUT2D eigenvalue weighted by Crippen LogP contribution is 2.25. The molecule has 0 saturated carbocycles. The van der Waals surface area contributed by atoms with E-state index in [9.17, 15) is 5.11 Å². The molecule has 0 saturated heterocycles. The molecule has 2 rings (SSSR count). The molecule has 0 amide bonds. The van der Waals surface area contributed by atoms with Crippen molar-refractivity contribution in [2.45, 2.75) is 6.10 Å². The van der Waals surface area contributed by atoms with Crippen molar-refractivity contribution in [3.05, 3.63) is 28.4 Å². The molecule has 1 atom stereocenters. The highest BCUT2D eigenvalue weighted by molar-refractivity contribution is 9.10. The third kappa shape index (κ3) is 1.98. The van der Waals surface area contributed by atoms with Crippen LogP contribution in [0.5, 0.6) is 0 Å². The molecule has 5 heteroatoms. The number of hydrogen-bond donors (Lipinski definition) is 2. The Morgan fingerprint density at radius 2 is 2.31 bits per heavy atom. The average molecular weight is 284 g/mol. The maximum atomic E-state index is 9.87. The summed E-state index contributed by atoms with van der Waals surface area (Å²) >= 11 is 3.41. The van der Waals surface area contributed by atoms with Gasteiger partial charge in [0, 0.05) is 19.0 Å². The smallest absolute Gasteiger partial charge is 0.135 e. The largest absolute Gasteiger partial charge is 0.387 e. The minimum atomic E-state index is -0.485. The molecule has 1 unspecified atom stereocenters. The fourth-order valence-corrected chi connectivity index (χ4v) is 2.31. The predicted molar refractivity (Wildman–Crippen MR) is 67.3 cm³/mol. The van der Waals surface area contributed by atoms with Crippen molar-refractivity contribution in [3.63, 3.8) is 0 Å². The summed E-state index contributed by atoms with van der Waals surface area (Å²) in [6.07, 6.45) is -0.485. The summed E-state index contributed by atoms with van der Waals surface area (Å²) in [6, 6.07) is 5.87. The number of aliphatic hydroxyl groups excluding tert-OH is 1. The summed E-state index contributed by atoms with van der Waals surface area (Å²) in [4.78, 5) is 0. The number of hydrogen-bond acceptors (Lipinski definition) is 3. The van der Waals surface area contributed by atoms with Crippen molar-refractivity contribution in [2.75, 3.05) is 13.6 Å². The Morgan fingerprint density at radius 3 is 3.00 bits per heavy atom. The molecule has 0 aliphatic heterocycles. The van der Waals surface area contributed by atoms with Crippen LogP contribution in [-0.4, -0.2) is 28.5 Å². The van der Waals surface area contributed by atoms with Crippen LogP contribution in [0.25, 0.3) is 10.9 Å². The third-order valence-electron chi connectivity index (χ3n) is 2.61. The topological polar surface area (TPSA) is 50.1 Å². The van der Waals surface area contributed by atoms with E-state index in [2.05, 4.69) is 26.3 Å². The van der Waals surface area contributed by atoms with Crippen molar-refractivity contribution in [3.8, 4) is 0 Å². The van der Waals surface area contributed by atoms with Crippen molar-refractivity contribution in [1.82, 2.24) is 15.1 Å². The van der Waals surface area contributed by atoms with Crippen LogP contribution in [0.3, 0.4) is 0 Å². The van der Waals surface area contributed by atoms with Crippen LogP contribution in [0.2, 0.25) is 0 Å². The third-order valence-corrected chi connectivity index (χ3v) is 3.20. The van der Waals surface area contributed by atoms with Crippen LogP contribution < -0.4 is 5.32 Å². The summed E-state index contributed by atoms with van der Waals surface area (Å²) in [7, 11) is 3.72. The van der Waals surface area contributed by atoms with Crippen LogP contribution in [0, 0.1) is 0 Å². The normalized spacial score (nSPS) is 13.2. The molecule has 0 aliphatic carbocycles. The van der Waals surface area contributed by atoms with Gasteiger partial charge in [0.05, 0.1) is 11.6 Å². The molecule has 0 aliphatic rings. The molecule has 0 fully saturated rings. The van der Waals surface area contributed by atoms with Crippen LogP contribution >= 0.6 is 15.9 Å². The highest BCUT2D eigenvalue weighted by Gasteiger charge is 2.11. The lowest BCUT2D eigenvalue weighted by Gasteiger charge is -2.10. The van der Waals surface area contributed by atoms with E-state index >= 15 is 0 Å². The van der Waals surface area contributed by atoms with Gasteiger partial charge >= 0.3 is 0 Å². The van der Waals surface area contributed by atoms with E-state index in [1.165, 1.54) is 0 Å². The number of nitrogens with one attached hydrogen (secondary N) is 1. The number of nitrogens with zero attached hydrogens (tertiary/aromatic N) is 2. The molecule has 4 nitrogen and oxygen atoms in total. The molecule has 2 N–H and O–H groups in total. The zero-order chi connectivity index (χ0) is 11.7. The number of aryl methyl sites for hydroxylation is 1. The quantitative estimate of drug-likeness (QED) is 0.900. The fraction of sp³-hybridized carbons (Fsp3) is 0.364. The van der Waals surface area contributed by atoms with Crippen molar-refractivity contribution in [2.24, 2.45) is 7.05 Å². The Hall–Kier alpha value is -0.910. The molecule has 86 valence electrons. The second kappa shape index (κ2) is 4.53. The van der Waals surface area contributed by atoms with Gasteiger partial charge in [0.15, 0.2) is 0 Å². The first-order valence-electron chi connectivity index (χ1n) is 5.08. The van der Waals surface area contributed by atoms with Gasteiger partial charge in [0.2, 0.25) is 0 Å². The minimum Gasteiger partial charge on any atom is -0.387 e. The van der Waals surface area contributed by atoms with E-state index in [0.29, 0.717) is 6.54 Å². The number of aliphatic hydroxyl groups is 1. The first-order valence-corrected chi connectivity index (χ1v) is 5.87. The molecule has 2 aromatic rings. The zero-order valence-corrected chi connectivity index (χ0v) is 10.8. The van der Waals surface area contributed by atoms with Gasteiger partial charge in [-0.25, -0.2) is 0 Å². The van der Waals surface area contributed by atoms with E-state index in [4.69, 9.17) is 0 Å². The minimum absolute atomic E-state index is 0.485. The van der Waals surface area contributed by atoms with E-state index in [-0.39, 0.29) is 0 Å². The van der Waals surface area contributed by atoms with E-state index in [0.717, 1.165) is 21.1 Å². The SMILES string of the molecule is CNCC(O)c1ccc2c(c1)c(Br)nn2C. The molecule has 0 radical (unpaired) electrons. The molecule has 0 spiro atoms. The summed E-state index contributed by atoms with van der Waals surface area (Å²) in [6.45, 7) is 0.545. The number of halogens is 1. The first kappa shape index (κ1) is 11.6. The predicted octanol–water partition coefficient (Wildman–Crippen LogP) is 1.59. The van der Waals surface area contributed by atoms with Crippen molar-refractivity contribution >= 4 is 26.8 Å². The number of fused-ring (bicyclic) bond motifs is 1. The van der Waals surface area contributed by atoms with Crippen molar-refractivity contribution < 1.29 is 5.11 Å². The van der Waals surface area contributed by atoms with E-state index < -0.39 is 6.10 Å². The summed E-state index contributed by atoms with van der Waals surface area (Å²) in [5.41, 5.74) is 1.95. The van der Waals surface area contributed by atoms with Gasteiger partial charge in [0.25, 0.3) is 0 Å². The Morgan fingerprint density at radius 1 is 1.56 bits per heavy atom. The van der Waals surface area contributed by atoms with Crippen LogP contribution in [0.4, 0.5) is 0 Å². The molecule has 1 aromatic heterocycles. The van der Waals surface area contributed by atoms with Crippen molar-refractivity contribution in [1.29, 1.82) is 0 Å². The van der Waals surface area contributed by atoms with Gasteiger partial charge in [-0.15, -0.1) is 0 Å². The van der Waals surface area contributed by atoms with Crippen LogP contribution in [0.15, 0.2) is 22.8 Å². The van der Waals surface area contributed by atoms with Gasteiger partial charge in [-0.2, -0.15) is 5.10 Å². The lowest BCUT2D eigenvalue weighted by atomic mass is 10.1. The van der Waals surface area contributed by atoms with Gasteiger partial charge in [0.1, 0.15) is 4.60 Å². The standard InChI is InChI=1S/C11H14BrN3O/c1-13-6-10(16)7-3-4-9-8(5-7)11(12)14-15(9)2/h3-5,10,13,16H,6H2,1-2H3. The maximum Gasteiger partial charge on any atom is 0.135 e. The van der Waals surface area contributed by atoms with Gasteiger partial charge < -0.3 is 10.4 Å². The van der Waals surface area contributed by atoms with E-state index in [1.807, 2.05) is 37.0 Å². The Kier molecular flexibility index (Phi) is 3.28. The molecular weight excluding hydrogens is 270 g/mol. The lowest BCUT2D eigenvalue weighted by Crippen LogP contribution is -2.16. The van der Waals surface area contributed by atoms with E-state index in [1.54, 1.807) is 0 Å². The summed E-state index contributed by atoms with van der Waals surface area (Å²) in [5, 5.41) is 18.1. The Bertz CT molecular complexity index is 509. The lowest BCUT2D eigenvalue weighted by molar-refractivity contribution is 0.178. The maximum absolute atomic E-state index is 9.87. The molecular formula is C11H14BrN3O.